The van der Waals surface area contributed by atoms with Crippen LogP contribution in [0.5, 0.6) is 5.75 Å². The molecule has 1 aromatic carbocycles. The maximum absolute atomic E-state index is 12.7. The zero-order valence-electron chi connectivity index (χ0n) is 15.5. The molecular weight excluding hydrogens is 318 g/mol. The molecule has 0 saturated carbocycles. The van der Waals surface area contributed by atoms with Gasteiger partial charge in [-0.1, -0.05) is 6.92 Å². The molecule has 5 heteroatoms. The lowest BCUT2D eigenvalue weighted by Crippen LogP contribution is -2.33. The number of nitrogens with zero attached hydrogens (tertiary/aromatic N) is 1. The SMILES string of the molecule is CCCO[C@@H]1CCCN(C(=O)Cc2cc(C(C)=O)ccc2OC)CC1. The number of carbonyl (C=O) groups is 2. The first-order chi connectivity index (χ1) is 12.0. The minimum atomic E-state index is -0.0120. The number of amides is 1. The molecule has 0 aliphatic carbocycles. The molecule has 1 aliphatic rings. The van der Waals surface area contributed by atoms with E-state index in [1.165, 1.54) is 6.92 Å². The van der Waals surface area contributed by atoms with Crippen LogP contribution < -0.4 is 4.74 Å². The Balaban J connectivity index is 2.01. The van der Waals surface area contributed by atoms with Gasteiger partial charge in [0.2, 0.25) is 5.91 Å². The quantitative estimate of drug-likeness (QED) is 0.711. The summed E-state index contributed by atoms with van der Waals surface area (Å²) < 4.78 is 11.2. The van der Waals surface area contributed by atoms with Crippen LogP contribution in [0.15, 0.2) is 18.2 Å². The third-order valence-corrected chi connectivity index (χ3v) is 4.61. The van der Waals surface area contributed by atoms with Crippen molar-refractivity contribution in [2.75, 3.05) is 26.8 Å². The Labute approximate surface area is 150 Å². The van der Waals surface area contributed by atoms with E-state index < -0.39 is 0 Å². The second-order valence-electron chi connectivity index (χ2n) is 6.56. The van der Waals surface area contributed by atoms with E-state index in [0.29, 0.717) is 11.3 Å². The van der Waals surface area contributed by atoms with E-state index in [1.807, 2.05) is 4.90 Å². The largest absolute Gasteiger partial charge is 0.496 e. The number of likely N-dealkylation sites (tertiary alicyclic amines) is 1. The van der Waals surface area contributed by atoms with Crippen LogP contribution >= 0.6 is 0 Å². The van der Waals surface area contributed by atoms with Gasteiger partial charge in [0.15, 0.2) is 5.78 Å². The fourth-order valence-electron chi connectivity index (χ4n) is 3.18. The van der Waals surface area contributed by atoms with Gasteiger partial charge < -0.3 is 14.4 Å². The first-order valence-electron chi connectivity index (χ1n) is 9.12. The molecule has 0 spiro atoms. The molecule has 25 heavy (non-hydrogen) atoms. The minimum Gasteiger partial charge on any atom is -0.496 e. The Morgan fingerprint density at radius 2 is 2.04 bits per heavy atom. The molecular formula is C20H29NO4. The van der Waals surface area contributed by atoms with E-state index in [2.05, 4.69) is 6.92 Å². The zero-order valence-corrected chi connectivity index (χ0v) is 15.5. The van der Waals surface area contributed by atoms with Crippen LogP contribution in [0.1, 0.15) is 55.5 Å². The standard InChI is InChI=1S/C20H29NO4/c1-4-12-25-18-6-5-10-21(11-9-18)20(23)14-17-13-16(15(2)22)7-8-19(17)24-3/h7-8,13,18H,4-6,9-12,14H2,1-3H3/t18-/m1/s1. The van der Waals surface area contributed by atoms with E-state index in [4.69, 9.17) is 9.47 Å². The van der Waals surface area contributed by atoms with Gasteiger partial charge in [0, 0.05) is 30.8 Å². The normalized spacial score (nSPS) is 17.9. The number of hydrogen-bond acceptors (Lipinski definition) is 4. The zero-order chi connectivity index (χ0) is 18.2. The van der Waals surface area contributed by atoms with Crippen molar-refractivity contribution in [2.24, 2.45) is 0 Å². The van der Waals surface area contributed by atoms with Crippen LogP contribution in [0.4, 0.5) is 0 Å². The molecule has 1 atom stereocenters. The molecule has 1 aromatic rings. The lowest BCUT2D eigenvalue weighted by molar-refractivity contribution is -0.130. The Morgan fingerprint density at radius 1 is 1.24 bits per heavy atom. The number of ether oxygens (including phenoxy) is 2. The van der Waals surface area contributed by atoms with E-state index in [1.54, 1.807) is 25.3 Å². The summed E-state index contributed by atoms with van der Waals surface area (Å²) >= 11 is 0. The molecule has 0 N–H and O–H groups in total. The highest BCUT2D eigenvalue weighted by Crippen LogP contribution is 2.22. The van der Waals surface area contributed by atoms with Crippen LogP contribution in [0, 0.1) is 0 Å². The van der Waals surface area contributed by atoms with Gasteiger partial charge in [0.1, 0.15) is 5.75 Å². The first-order valence-corrected chi connectivity index (χ1v) is 9.12. The third-order valence-electron chi connectivity index (χ3n) is 4.61. The number of methoxy groups -OCH3 is 1. The van der Waals surface area contributed by atoms with Gasteiger partial charge in [-0.3, -0.25) is 9.59 Å². The molecule has 1 saturated heterocycles. The summed E-state index contributed by atoms with van der Waals surface area (Å²) in [5.41, 5.74) is 1.37. The maximum Gasteiger partial charge on any atom is 0.227 e. The molecule has 0 radical (unpaired) electrons. The average molecular weight is 347 g/mol. The molecule has 5 nitrogen and oxygen atoms in total. The van der Waals surface area contributed by atoms with Crippen LogP contribution in [0.2, 0.25) is 0 Å². The molecule has 1 amide bonds. The smallest absolute Gasteiger partial charge is 0.227 e. The first kappa shape index (κ1) is 19.4. The second kappa shape index (κ2) is 9.56. The van der Waals surface area contributed by atoms with Crippen molar-refractivity contribution in [2.45, 2.75) is 52.1 Å². The van der Waals surface area contributed by atoms with E-state index >= 15 is 0 Å². The summed E-state index contributed by atoms with van der Waals surface area (Å²) in [5, 5.41) is 0. The van der Waals surface area contributed by atoms with Crippen molar-refractivity contribution in [3.05, 3.63) is 29.3 Å². The maximum atomic E-state index is 12.7. The molecule has 0 bridgehead atoms. The molecule has 1 fully saturated rings. The van der Waals surface area contributed by atoms with E-state index in [0.717, 1.165) is 50.9 Å². The Bertz CT molecular complexity index is 599. The van der Waals surface area contributed by atoms with Gasteiger partial charge in [-0.15, -0.1) is 0 Å². The van der Waals surface area contributed by atoms with Crippen LogP contribution in [-0.2, 0) is 16.0 Å². The molecule has 0 unspecified atom stereocenters. The predicted molar refractivity (Wildman–Crippen MR) is 97.2 cm³/mol. The number of hydrogen-bond donors (Lipinski definition) is 0. The average Bonchev–Trinajstić information content (AvgIpc) is 2.85. The van der Waals surface area contributed by atoms with Crippen molar-refractivity contribution >= 4 is 11.7 Å². The predicted octanol–water partition coefficient (Wildman–Crippen LogP) is 3.25. The molecule has 0 aromatic heterocycles. The topological polar surface area (TPSA) is 55.8 Å². The van der Waals surface area contributed by atoms with Gasteiger partial charge in [0.25, 0.3) is 0 Å². The van der Waals surface area contributed by atoms with E-state index in [-0.39, 0.29) is 24.2 Å². The van der Waals surface area contributed by atoms with Crippen LogP contribution in [-0.4, -0.2) is 49.5 Å². The Morgan fingerprint density at radius 3 is 2.72 bits per heavy atom. The van der Waals surface area contributed by atoms with Crippen molar-refractivity contribution in [3.8, 4) is 5.75 Å². The van der Waals surface area contributed by atoms with Crippen LogP contribution in [0.3, 0.4) is 0 Å². The summed E-state index contributed by atoms with van der Waals surface area (Å²) in [5.74, 6) is 0.717. The van der Waals surface area contributed by atoms with Crippen molar-refractivity contribution in [1.29, 1.82) is 0 Å². The number of Topliss-reactive ketones (excluding diaryl/α,β-unsaturated/α-hetero) is 1. The highest BCUT2D eigenvalue weighted by molar-refractivity contribution is 5.94. The Hall–Kier alpha value is -1.88. The summed E-state index contributed by atoms with van der Waals surface area (Å²) in [6.07, 6.45) is 4.39. The molecule has 1 heterocycles. The summed E-state index contributed by atoms with van der Waals surface area (Å²) in [4.78, 5) is 26.2. The Kier molecular flexibility index (Phi) is 7.44. The van der Waals surface area contributed by atoms with Gasteiger partial charge in [-0.05, 0) is 50.8 Å². The summed E-state index contributed by atoms with van der Waals surface area (Å²) in [7, 11) is 1.58. The lowest BCUT2D eigenvalue weighted by Gasteiger charge is -2.21. The van der Waals surface area contributed by atoms with E-state index in [9.17, 15) is 9.59 Å². The summed E-state index contributed by atoms with van der Waals surface area (Å²) in [6.45, 7) is 5.91. The van der Waals surface area contributed by atoms with Crippen LogP contribution in [0.25, 0.3) is 0 Å². The fraction of sp³-hybridized carbons (Fsp3) is 0.600. The number of rotatable bonds is 7. The van der Waals surface area contributed by atoms with Crippen molar-refractivity contribution < 1.29 is 19.1 Å². The van der Waals surface area contributed by atoms with Crippen molar-refractivity contribution in [3.63, 3.8) is 0 Å². The fourth-order valence-corrected chi connectivity index (χ4v) is 3.18. The van der Waals surface area contributed by atoms with Gasteiger partial charge in [-0.2, -0.15) is 0 Å². The molecule has 1 aliphatic heterocycles. The van der Waals surface area contributed by atoms with Gasteiger partial charge in [0.05, 0.1) is 19.6 Å². The number of ketones is 1. The summed E-state index contributed by atoms with van der Waals surface area (Å²) in [6, 6.07) is 5.26. The molecule has 2 rings (SSSR count). The number of benzene rings is 1. The number of carbonyl (C=O) groups excluding carboxylic acids is 2. The second-order valence-corrected chi connectivity index (χ2v) is 6.56. The van der Waals surface area contributed by atoms with Gasteiger partial charge >= 0.3 is 0 Å². The minimum absolute atomic E-state index is 0.0120. The third kappa shape index (κ3) is 5.56. The van der Waals surface area contributed by atoms with Gasteiger partial charge in [-0.25, -0.2) is 0 Å². The monoisotopic (exact) mass is 347 g/mol. The molecule has 138 valence electrons. The highest BCUT2D eigenvalue weighted by atomic mass is 16.5. The highest BCUT2D eigenvalue weighted by Gasteiger charge is 2.22. The van der Waals surface area contributed by atoms with Crippen molar-refractivity contribution in [1.82, 2.24) is 4.90 Å². The lowest BCUT2D eigenvalue weighted by atomic mass is 10.0.